The lowest BCUT2D eigenvalue weighted by molar-refractivity contribution is 0.113. The van der Waals surface area contributed by atoms with E-state index in [0.717, 1.165) is 46.9 Å². The van der Waals surface area contributed by atoms with Gasteiger partial charge in [-0.1, -0.05) is 75.1 Å². The first kappa shape index (κ1) is 21.6. The molecule has 162 valence electrons. The van der Waals surface area contributed by atoms with Gasteiger partial charge in [-0.15, -0.1) is 0 Å². The molecule has 0 amide bonds. The molecular weight excluding hydrogens is 367 g/mol. The van der Waals surface area contributed by atoms with Crippen molar-refractivity contribution in [3.05, 3.63) is 59.4 Å². The Morgan fingerprint density at radius 3 is 2.67 bits per heavy atom. The standard InChI is InChI=1S/C29H39F/c1-3-5-7-9-22-12-15-27-20-26(16-17-28(27)29(22)30)25-14-13-23-18-21(8-6-4-2)10-11-24(23)19-25/h3,5,12,15-17,20-21,23-25H,4,6-11,13-14,18-19H2,1-2H3. The topological polar surface area (TPSA) is 0 Å². The van der Waals surface area contributed by atoms with E-state index >= 15 is 0 Å². The monoisotopic (exact) mass is 406 g/mol. The Morgan fingerprint density at radius 2 is 1.83 bits per heavy atom. The van der Waals surface area contributed by atoms with E-state index in [-0.39, 0.29) is 5.82 Å². The molecule has 4 rings (SSSR count). The van der Waals surface area contributed by atoms with E-state index in [0.29, 0.717) is 5.92 Å². The van der Waals surface area contributed by atoms with E-state index in [1.54, 1.807) is 0 Å². The quantitative estimate of drug-likeness (QED) is 0.402. The SMILES string of the molecule is CC=CCCc1ccc2cc(C3CCC4CC(CCCC)CCC4C3)ccc2c1F. The van der Waals surface area contributed by atoms with Crippen LogP contribution < -0.4 is 0 Å². The Hall–Kier alpha value is -1.63. The van der Waals surface area contributed by atoms with Crippen LogP contribution in [0.1, 0.15) is 95.1 Å². The molecule has 2 aliphatic carbocycles. The van der Waals surface area contributed by atoms with E-state index in [1.807, 2.05) is 25.1 Å². The van der Waals surface area contributed by atoms with E-state index in [2.05, 4.69) is 31.2 Å². The number of fused-ring (bicyclic) bond motifs is 2. The molecule has 0 saturated heterocycles. The van der Waals surface area contributed by atoms with Crippen molar-refractivity contribution in [2.75, 3.05) is 0 Å². The number of rotatable bonds is 7. The first-order valence-electron chi connectivity index (χ1n) is 12.5. The summed E-state index contributed by atoms with van der Waals surface area (Å²) in [6, 6.07) is 10.7. The van der Waals surface area contributed by atoms with Gasteiger partial charge in [0, 0.05) is 5.39 Å². The fourth-order valence-corrected chi connectivity index (χ4v) is 6.25. The Morgan fingerprint density at radius 1 is 1.00 bits per heavy atom. The van der Waals surface area contributed by atoms with Crippen LogP contribution in [-0.4, -0.2) is 0 Å². The normalized spacial score (nSPS) is 26.9. The van der Waals surface area contributed by atoms with Gasteiger partial charge in [0.05, 0.1) is 0 Å². The van der Waals surface area contributed by atoms with Crippen LogP contribution in [0.5, 0.6) is 0 Å². The molecule has 0 aromatic heterocycles. The van der Waals surface area contributed by atoms with Gasteiger partial charge in [0.15, 0.2) is 0 Å². The summed E-state index contributed by atoms with van der Waals surface area (Å²) >= 11 is 0. The molecule has 4 atom stereocenters. The Balaban J connectivity index is 1.43. The second kappa shape index (κ2) is 10.1. The molecule has 0 aliphatic heterocycles. The molecule has 0 spiro atoms. The minimum absolute atomic E-state index is 0.0161. The Labute approximate surface area is 183 Å². The summed E-state index contributed by atoms with van der Waals surface area (Å²) in [6.45, 7) is 4.33. The molecule has 0 radical (unpaired) electrons. The van der Waals surface area contributed by atoms with Gasteiger partial charge in [-0.3, -0.25) is 0 Å². The zero-order valence-electron chi connectivity index (χ0n) is 19.0. The van der Waals surface area contributed by atoms with Crippen LogP contribution in [-0.2, 0) is 6.42 Å². The molecule has 2 aliphatic rings. The van der Waals surface area contributed by atoms with Gasteiger partial charge in [0.1, 0.15) is 5.82 Å². The lowest BCUT2D eigenvalue weighted by atomic mass is 9.63. The number of hydrogen-bond donors (Lipinski definition) is 0. The van der Waals surface area contributed by atoms with Gasteiger partial charge < -0.3 is 0 Å². The molecule has 2 saturated carbocycles. The van der Waals surface area contributed by atoms with E-state index in [1.165, 1.54) is 63.4 Å². The number of aryl methyl sites for hydroxylation is 1. The third-order valence-corrected chi connectivity index (χ3v) is 8.03. The summed E-state index contributed by atoms with van der Waals surface area (Å²) in [4.78, 5) is 0. The highest BCUT2D eigenvalue weighted by Gasteiger charge is 2.35. The maximum absolute atomic E-state index is 15.0. The van der Waals surface area contributed by atoms with Crippen molar-refractivity contribution in [2.45, 2.75) is 90.4 Å². The van der Waals surface area contributed by atoms with Crippen molar-refractivity contribution in [3.63, 3.8) is 0 Å². The lowest BCUT2D eigenvalue weighted by Crippen LogP contribution is -2.30. The van der Waals surface area contributed by atoms with Crippen LogP contribution in [0.25, 0.3) is 10.8 Å². The molecular formula is C29H39F. The largest absolute Gasteiger partial charge is 0.206 e. The van der Waals surface area contributed by atoms with Crippen LogP contribution in [0.15, 0.2) is 42.5 Å². The zero-order valence-corrected chi connectivity index (χ0v) is 19.0. The molecule has 2 aromatic carbocycles. The Kier molecular flexibility index (Phi) is 7.28. The van der Waals surface area contributed by atoms with Crippen molar-refractivity contribution in [3.8, 4) is 0 Å². The molecule has 30 heavy (non-hydrogen) atoms. The van der Waals surface area contributed by atoms with Crippen LogP contribution in [0.4, 0.5) is 4.39 Å². The maximum Gasteiger partial charge on any atom is 0.134 e. The highest BCUT2D eigenvalue weighted by atomic mass is 19.1. The van der Waals surface area contributed by atoms with Gasteiger partial charge in [-0.25, -0.2) is 4.39 Å². The maximum atomic E-state index is 15.0. The smallest absolute Gasteiger partial charge is 0.134 e. The van der Waals surface area contributed by atoms with E-state index in [9.17, 15) is 4.39 Å². The number of allylic oxidation sites excluding steroid dienone is 2. The minimum atomic E-state index is -0.0161. The fraction of sp³-hybridized carbons (Fsp3) is 0.586. The zero-order chi connectivity index (χ0) is 20.9. The van der Waals surface area contributed by atoms with Gasteiger partial charge in [-0.05, 0) is 92.1 Å². The first-order valence-corrected chi connectivity index (χ1v) is 12.5. The van der Waals surface area contributed by atoms with Gasteiger partial charge in [-0.2, -0.15) is 0 Å². The van der Waals surface area contributed by atoms with Crippen molar-refractivity contribution >= 4 is 10.8 Å². The van der Waals surface area contributed by atoms with Crippen molar-refractivity contribution in [2.24, 2.45) is 17.8 Å². The number of benzene rings is 2. The number of halogens is 1. The molecule has 2 aromatic rings. The summed E-state index contributed by atoms with van der Waals surface area (Å²) in [5.74, 6) is 3.53. The summed E-state index contributed by atoms with van der Waals surface area (Å²) in [5, 5.41) is 1.87. The third kappa shape index (κ3) is 4.82. The summed E-state index contributed by atoms with van der Waals surface area (Å²) in [7, 11) is 0. The van der Waals surface area contributed by atoms with Crippen molar-refractivity contribution < 1.29 is 4.39 Å². The van der Waals surface area contributed by atoms with E-state index in [4.69, 9.17) is 0 Å². The van der Waals surface area contributed by atoms with Gasteiger partial charge in [0.25, 0.3) is 0 Å². The predicted molar refractivity (Wildman–Crippen MR) is 127 cm³/mol. The average molecular weight is 407 g/mol. The summed E-state index contributed by atoms with van der Waals surface area (Å²) in [5.41, 5.74) is 2.28. The molecule has 2 fully saturated rings. The predicted octanol–water partition coefficient (Wildman–Crippen LogP) is 8.98. The summed E-state index contributed by atoms with van der Waals surface area (Å²) < 4.78 is 15.0. The summed E-state index contributed by atoms with van der Waals surface area (Å²) in [6.07, 6.45) is 18.5. The van der Waals surface area contributed by atoms with Gasteiger partial charge >= 0.3 is 0 Å². The molecule has 1 heteroatoms. The minimum Gasteiger partial charge on any atom is -0.206 e. The molecule has 4 unspecified atom stereocenters. The van der Waals surface area contributed by atoms with Crippen LogP contribution >= 0.6 is 0 Å². The fourth-order valence-electron chi connectivity index (χ4n) is 6.25. The third-order valence-electron chi connectivity index (χ3n) is 8.03. The number of unbranched alkanes of at least 4 members (excludes halogenated alkanes) is 1. The Bertz CT molecular complexity index is 864. The second-order valence-corrected chi connectivity index (χ2v) is 9.98. The molecule has 0 bridgehead atoms. The van der Waals surface area contributed by atoms with Gasteiger partial charge in [0.2, 0.25) is 0 Å². The lowest BCUT2D eigenvalue weighted by Gasteiger charge is -2.42. The van der Waals surface area contributed by atoms with Crippen LogP contribution in [0.3, 0.4) is 0 Å². The number of hydrogen-bond acceptors (Lipinski definition) is 0. The van der Waals surface area contributed by atoms with Crippen LogP contribution in [0, 0.1) is 23.6 Å². The van der Waals surface area contributed by atoms with Crippen molar-refractivity contribution in [1.29, 1.82) is 0 Å². The van der Waals surface area contributed by atoms with Crippen LogP contribution in [0.2, 0.25) is 0 Å². The molecule has 0 heterocycles. The molecule has 0 N–H and O–H groups in total. The first-order chi connectivity index (χ1) is 14.7. The average Bonchev–Trinajstić information content (AvgIpc) is 2.78. The molecule has 0 nitrogen and oxygen atoms in total. The second-order valence-electron chi connectivity index (χ2n) is 9.98. The van der Waals surface area contributed by atoms with Crippen molar-refractivity contribution in [1.82, 2.24) is 0 Å². The van der Waals surface area contributed by atoms with E-state index < -0.39 is 0 Å². The highest BCUT2D eigenvalue weighted by molar-refractivity contribution is 5.84. The highest BCUT2D eigenvalue weighted by Crippen LogP contribution is 2.48.